The van der Waals surface area contributed by atoms with Crippen LogP contribution in [0.3, 0.4) is 0 Å². The molecule has 2 rings (SSSR count). The first kappa shape index (κ1) is 12.8. The van der Waals surface area contributed by atoms with Crippen molar-refractivity contribution in [3.8, 4) is 0 Å². The van der Waals surface area contributed by atoms with Crippen molar-refractivity contribution in [1.29, 1.82) is 0 Å². The van der Waals surface area contributed by atoms with Crippen LogP contribution in [0.2, 0.25) is 0 Å². The van der Waals surface area contributed by atoms with Crippen LogP contribution >= 0.6 is 0 Å². The molecule has 0 bridgehead atoms. The van der Waals surface area contributed by atoms with Gasteiger partial charge in [0.1, 0.15) is 0 Å². The summed E-state index contributed by atoms with van der Waals surface area (Å²) >= 11 is 0. The number of nitrogens with zero attached hydrogens (tertiary/aromatic N) is 4. The van der Waals surface area contributed by atoms with Gasteiger partial charge in [0.05, 0.1) is 12.2 Å². The summed E-state index contributed by atoms with van der Waals surface area (Å²) in [5.74, 6) is 0.747. The number of nitrogen functional groups attached to an aromatic ring is 1. The lowest BCUT2D eigenvalue weighted by Gasteiger charge is -2.18. The Morgan fingerprint density at radius 1 is 1.61 bits per heavy atom. The van der Waals surface area contributed by atoms with Crippen LogP contribution in [0.1, 0.15) is 18.0 Å². The van der Waals surface area contributed by atoms with E-state index in [0.29, 0.717) is 12.5 Å². The number of carbonyl (C=O) groups is 1. The highest BCUT2D eigenvalue weighted by atomic mass is 16.2. The second kappa shape index (κ2) is 5.30. The van der Waals surface area contributed by atoms with Gasteiger partial charge in [-0.05, 0) is 26.6 Å². The Kier molecular flexibility index (Phi) is 3.76. The fraction of sp³-hybridized carbons (Fsp3) is 0.583. The minimum absolute atomic E-state index is 0.171. The number of likely N-dealkylation sites (tertiary alicyclic amines) is 1. The Balaban J connectivity index is 1.98. The molecule has 0 saturated carbocycles. The molecule has 1 fully saturated rings. The molecule has 6 heteroatoms. The highest BCUT2D eigenvalue weighted by Crippen LogP contribution is 2.25. The zero-order valence-electron chi connectivity index (χ0n) is 10.8. The predicted molar refractivity (Wildman–Crippen MR) is 68.9 cm³/mol. The van der Waals surface area contributed by atoms with E-state index in [2.05, 4.69) is 9.97 Å². The van der Waals surface area contributed by atoms with Crippen LogP contribution in [0.15, 0.2) is 12.3 Å². The molecular formula is C12H19N5O. The van der Waals surface area contributed by atoms with Crippen molar-refractivity contribution >= 4 is 11.9 Å². The van der Waals surface area contributed by atoms with E-state index in [9.17, 15) is 4.79 Å². The molecule has 0 spiro atoms. The molecule has 1 aromatic heterocycles. The van der Waals surface area contributed by atoms with E-state index in [0.717, 1.165) is 25.2 Å². The quantitative estimate of drug-likeness (QED) is 0.812. The van der Waals surface area contributed by atoms with Crippen molar-refractivity contribution in [3.63, 3.8) is 0 Å². The van der Waals surface area contributed by atoms with E-state index in [1.165, 1.54) is 0 Å². The monoisotopic (exact) mass is 249 g/mol. The summed E-state index contributed by atoms with van der Waals surface area (Å²) in [6.45, 7) is 1.98. The lowest BCUT2D eigenvalue weighted by Crippen LogP contribution is -2.36. The molecule has 2 N–H and O–H groups in total. The van der Waals surface area contributed by atoms with Crippen molar-refractivity contribution in [2.45, 2.75) is 12.3 Å². The predicted octanol–water partition coefficient (Wildman–Crippen LogP) is -0.0637. The molecular weight excluding hydrogens is 230 g/mol. The molecule has 1 amide bonds. The van der Waals surface area contributed by atoms with Crippen LogP contribution in [0.5, 0.6) is 0 Å². The van der Waals surface area contributed by atoms with Crippen molar-refractivity contribution in [3.05, 3.63) is 18.0 Å². The third-order valence-corrected chi connectivity index (χ3v) is 3.11. The maximum atomic E-state index is 11.9. The van der Waals surface area contributed by atoms with Crippen LogP contribution in [0.25, 0.3) is 0 Å². The molecule has 2 heterocycles. The van der Waals surface area contributed by atoms with E-state index < -0.39 is 0 Å². The SMILES string of the molecule is CN(C)CC(=O)N1CC[C@@H](c2ccnc(N)n2)C1. The first-order chi connectivity index (χ1) is 8.56. The molecule has 98 valence electrons. The lowest BCUT2D eigenvalue weighted by molar-refractivity contribution is -0.130. The van der Waals surface area contributed by atoms with Gasteiger partial charge in [-0.1, -0.05) is 0 Å². The first-order valence-corrected chi connectivity index (χ1v) is 6.07. The molecule has 1 aromatic rings. The zero-order chi connectivity index (χ0) is 13.1. The second-order valence-corrected chi connectivity index (χ2v) is 4.90. The van der Waals surface area contributed by atoms with Gasteiger partial charge in [-0.3, -0.25) is 4.79 Å². The molecule has 1 aliphatic rings. The summed E-state index contributed by atoms with van der Waals surface area (Å²) < 4.78 is 0. The van der Waals surface area contributed by atoms with E-state index in [1.54, 1.807) is 6.20 Å². The highest BCUT2D eigenvalue weighted by molar-refractivity contribution is 5.78. The molecule has 0 radical (unpaired) electrons. The first-order valence-electron chi connectivity index (χ1n) is 6.07. The Morgan fingerprint density at radius 2 is 2.39 bits per heavy atom. The minimum Gasteiger partial charge on any atom is -0.368 e. The summed E-state index contributed by atoms with van der Waals surface area (Å²) in [4.78, 5) is 23.8. The van der Waals surface area contributed by atoms with Crippen LogP contribution in [-0.2, 0) is 4.79 Å². The summed E-state index contributed by atoms with van der Waals surface area (Å²) in [7, 11) is 3.80. The van der Waals surface area contributed by atoms with E-state index in [4.69, 9.17) is 5.73 Å². The van der Waals surface area contributed by atoms with Gasteiger partial charge >= 0.3 is 0 Å². The lowest BCUT2D eigenvalue weighted by atomic mass is 10.1. The number of hydrogen-bond acceptors (Lipinski definition) is 5. The number of rotatable bonds is 3. The standard InChI is InChI=1S/C12H19N5O/c1-16(2)8-11(18)17-6-4-9(7-17)10-3-5-14-12(13)15-10/h3,5,9H,4,6-8H2,1-2H3,(H2,13,14,15)/t9-/m1/s1. The molecule has 1 atom stereocenters. The maximum absolute atomic E-state index is 11.9. The number of likely N-dealkylation sites (N-methyl/N-ethyl adjacent to an activating group) is 1. The molecule has 0 unspecified atom stereocenters. The van der Waals surface area contributed by atoms with Gasteiger partial charge < -0.3 is 15.5 Å². The van der Waals surface area contributed by atoms with Gasteiger partial charge in [0, 0.05) is 25.2 Å². The normalized spacial score (nSPS) is 19.5. The van der Waals surface area contributed by atoms with Gasteiger partial charge in [0.15, 0.2) is 0 Å². The van der Waals surface area contributed by atoms with Gasteiger partial charge in [0.25, 0.3) is 0 Å². The van der Waals surface area contributed by atoms with Gasteiger partial charge in [0.2, 0.25) is 11.9 Å². The fourth-order valence-electron chi connectivity index (χ4n) is 2.21. The highest BCUT2D eigenvalue weighted by Gasteiger charge is 2.28. The smallest absolute Gasteiger partial charge is 0.236 e. The molecule has 6 nitrogen and oxygen atoms in total. The Labute approximate surface area is 107 Å². The largest absolute Gasteiger partial charge is 0.368 e. The van der Waals surface area contributed by atoms with Crippen LogP contribution < -0.4 is 5.73 Å². The fourth-order valence-corrected chi connectivity index (χ4v) is 2.21. The van der Waals surface area contributed by atoms with Crippen LogP contribution in [0.4, 0.5) is 5.95 Å². The Morgan fingerprint density at radius 3 is 3.06 bits per heavy atom. The maximum Gasteiger partial charge on any atom is 0.236 e. The van der Waals surface area contributed by atoms with Crippen LogP contribution in [0, 0.1) is 0 Å². The Bertz CT molecular complexity index is 434. The molecule has 18 heavy (non-hydrogen) atoms. The molecule has 1 aliphatic heterocycles. The summed E-state index contributed by atoms with van der Waals surface area (Å²) in [6, 6.07) is 1.88. The Hall–Kier alpha value is -1.69. The topological polar surface area (TPSA) is 75.4 Å². The number of aromatic nitrogens is 2. The third kappa shape index (κ3) is 2.95. The summed E-state index contributed by atoms with van der Waals surface area (Å²) in [5.41, 5.74) is 6.51. The van der Waals surface area contributed by atoms with Gasteiger partial charge in [-0.15, -0.1) is 0 Å². The van der Waals surface area contributed by atoms with Gasteiger partial charge in [-0.2, -0.15) is 0 Å². The van der Waals surface area contributed by atoms with E-state index >= 15 is 0 Å². The van der Waals surface area contributed by atoms with Crippen molar-refractivity contribution in [2.24, 2.45) is 0 Å². The molecule has 1 saturated heterocycles. The third-order valence-electron chi connectivity index (χ3n) is 3.11. The van der Waals surface area contributed by atoms with Crippen LogP contribution in [-0.4, -0.2) is 59.4 Å². The number of anilines is 1. The molecule has 0 aliphatic carbocycles. The summed E-state index contributed by atoms with van der Waals surface area (Å²) in [6.07, 6.45) is 2.61. The summed E-state index contributed by atoms with van der Waals surface area (Å²) in [5, 5.41) is 0. The number of nitrogens with two attached hydrogens (primary N) is 1. The average molecular weight is 249 g/mol. The zero-order valence-corrected chi connectivity index (χ0v) is 10.8. The number of carbonyl (C=O) groups excluding carboxylic acids is 1. The van der Waals surface area contributed by atoms with Crippen molar-refractivity contribution < 1.29 is 4.79 Å². The number of amides is 1. The van der Waals surface area contributed by atoms with Crippen molar-refractivity contribution in [2.75, 3.05) is 39.5 Å². The minimum atomic E-state index is 0.171. The van der Waals surface area contributed by atoms with E-state index in [-0.39, 0.29) is 11.8 Å². The number of hydrogen-bond donors (Lipinski definition) is 1. The average Bonchev–Trinajstić information content (AvgIpc) is 2.77. The molecule has 0 aromatic carbocycles. The second-order valence-electron chi connectivity index (χ2n) is 4.90. The van der Waals surface area contributed by atoms with Crippen molar-refractivity contribution in [1.82, 2.24) is 19.8 Å². The van der Waals surface area contributed by atoms with E-state index in [1.807, 2.05) is 30.0 Å². The van der Waals surface area contributed by atoms with Gasteiger partial charge in [-0.25, -0.2) is 9.97 Å².